The summed E-state index contributed by atoms with van der Waals surface area (Å²) in [5.74, 6) is 1.73. The maximum Gasteiger partial charge on any atom is 0.220 e. The van der Waals surface area contributed by atoms with E-state index in [2.05, 4.69) is 11.4 Å². The van der Waals surface area contributed by atoms with E-state index in [-0.39, 0.29) is 5.91 Å². The summed E-state index contributed by atoms with van der Waals surface area (Å²) in [7, 11) is 0. The van der Waals surface area contributed by atoms with Gasteiger partial charge in [0.2, 0.25) is 5.91 Å². The summed E-state index contributed by atoms with van der Waals surface area (Å²) in [6.45, 7) is 0.660. The third kappa shape index (κ3) is 6.17. The van der Waals surface area contributed by atoms with Crippen molar-refractivity contribution >= 4 is 17.7 Å². The highest BCUT2D eigenvalue weighted by Gasteiger charge is 2.03. The number of nitriles is 1. The lowest BCUT2D eigenvalue weighted by atomic mass is 10.1. The molecular formula is C19H20N2OS. The Morgan fingerprint density at radius 3 is 2.61 bits per heavy atom. The Hall–Kier alpha value is -2.25. The molecule has 1 N–H and O–H groups in total. The van der Waals surface area contributed by atoms with E-state index >= 15 is 0 Å². The quantitative estimate of drug-likeness (QED) is 0.756. The number of nitrogens with zero attached hydrogens (tertiary/aromatic N) is 1. The summed E-state index contributed by atoms with van der Waals surface area (Å²) in [6, 6.07) is 19.9. The number of thioether (sulfide) groups is 1. The van der Waals surface area contributed by atoms with Gasteiger partial charge in [0.1, 0.15) is 0 Å². The summed E-state index contributed by atoms with van der Waals surface area (Å²) in [6.07, 6.45) is 1.29. The van der Waals surface area contributed by atoms with Gasteiger partial charge in [-0.05, 0) is 23.6 Å². The number of hydrogen-bond acceptors (Lipinski definition) is 3. The van der Waals surface area contributed by atoms with E-state index in [1.165, 1.54) is 5.56 Å². The molecule has 0 bridgehead atoms. The van der Waals surface area contributed by atoms with Crippen LogP contribution in [0.5, 0.6) is 0 Å². The highest BCUT2D eigenvalue weighted by molar-refractivity contribution is 7.98. The van der Waals surface area contributed by atoms with Gasteiger partial charge >= 0.3 is 0 Å². The molecule has 1 amide bonds. The largest absolute Gasteiger partial charge is 0.355 e. The van der Waals surface area contributed by atoms with Crippen LogP contribution in [0.4, 0.5) is 0 Å². The standard InChI is InChI=1S/C19H20N2OS/c20-14-17-8-4-5-9-18(17)15-23-13-12-21-19(22)11-10-16-6-2-1-3-7-16/h1-9H,10-13,15H2,(H,21,22). The third-order valence-electron chi connectivity index (χ3n) is 3.45. The van der Waals surface area contributed by atoms with Crippen LogP contribution in [0.2, 0.25) is 0 Å². The zero-order chi connectivity index (χ0) is 16.3. The molecule has 0 fully saturated rings. The average molecular weight is 324 g/mol. The zero-order valence-electron chi connectivity index (χ0n) is 13.0. The van der Waals surface area contributed by atoms with Crippen molar-refractivity contribution in [2.24, 2.45) is 0 Å². The Labute approximate surface area is 141 Å². The second-order valence-corrected chi connectivity index (χ2v) is 6.26. The third-order valence-corrected chi connectivity index (χ3v) is 4.46. The van der Waals surface area contributed by atoms with Gasteiger partial charge in [0.05, 0.1) is 11.6 Å². The molecule has 3 nitrogen and oxygen atoms in total. The SMILES string of the molecule is N#Cc1ccccc1CSCCNC(=O)CCc1ccccc1. The van der Waals surface area contributed by atoms with Gasteiger partial charge in [-0.15, -0.1) is 0 Å². The van der Waals surface area contributed by atoms with Gasteiger partial charge in [-0.3, -0.25) is 4.79 Å². The number of aryl methyl sites for hydroxylation is 1. The topological polar surface area (TPSA) is 52.9 Å². The highest BCUT2D eigenvalue weighted by Crippen LogP contribution is 2.15. The minimum atomic E-state index is 0.0897. The van der Waals surface area contributed by atoms with Gasteiger partial charge in [-0.25, -0.2) is 0 Å². The number of amides is 1. The van der Waals surface area contributed by atoms with Crippen molar-refractivity contribution in [3.05, 3.63) is 71.3 Å². The lowest BCUT2D eigenvalue weighted by Crippen LogP contribution is -2.25. The van der Waals surface area contributed by atoms with Crippen molar-refractivity contribution in [2.45, 2.75) is 18.6 Å². The molecule has 0 atom stereocenters. The molecule has 23 heavy (non-hydrogen) atoms. The Morgan fingerprint density at radius 1 is 1.09 bits per heavy atom. The summed E-state index contributed by atoms with van der Waals surface area (Å²) < 4.78 is 0. The number of rotatable bonds is 8. The van der Waals surface area contributed by atoms with Crippen molar-refractivity contribution in [3.8, 4) is 6.07 Å². The first-order valence-electron chi connectivity index (χ1n) is 7.66. The predicted molar refractivity (Wildman–Crippen MR) is 95.1 cm³/mol. The fraction of sp³-hybridized carbons (Fsp3) is 0.263. The Kier molecular flexibility index (Phi) is 7.22. The van der Waals surface area contributed by atoms with Gasteiger partial charge in [0.15, 0.2) is 0 Å². The first kappa shape index (κ1) is 17.1. The van der Waals surface area contributed by atoms with Crippen LogP contribution < -0.4 is 5.32 Å². The van der Waals surface area contributed by atoms with E-state index in [9.17, 15) is 4.79 Å². The molecule has 118 valence electrons. The van der Waals surface area contributed by atoms with E-state index in [1.807, 2.05) is 54.6 Å². The minimum absolute atomic E-state index is 0.0897. The van der Waals surface area contributed by atoms with Crippen LogP contribution >= 0.6 is 11.8 Å². The van der Waals surface area contributed by atoms with E-state index < -0.39 is 0 Å². The van der Waals surface area contributed by atoms with Crippen molar-refractivity contribution in [1.29, 1.82) is 5.26 Å². The van der Waals surface area contributed by atoms with Crippen molar-refractivity contribution in [2.75, 3.05) is 12.3 Å². The molecule has 0 radical (unpaired) electrons. The summed E-state index contributed by atoms with van der Waals surface area (Å²) >= 11 is 1.73. The number of nitrogens with one attached hydrogen (secondary N) is 1. The Morgan fingerprint density at radius 2 is 1.83 bits per heavy atom. The maximum atomic E-state index is 11.8. The van der Waals surface area contributed by atoms with Crippen LogP contribution in [-0.4, -0.2) is 18.2 Å². The van der Waals surface area contributed by atoms with Crippen LogP contribution in [0, 0.1) is 11.3 Å². The molecule has 0 aliphatic heterocycles. The molecular weight excluding hydrogens is 304 g/mol. The molecule has 0 unspecified atom stereocenters. The second kappa shape index (κ2) is 9.70. The summed E-state index contributed by atoms with van der Waals surface area (Å²) in [4.78, 5) is 11.8. The number of carbonyl (C=O) groups is 1. The van der Waals surface area contributed by atoms with E-state index in [1.54, 1.807) is 11.8 Å². The fourth-order valence-electron chi connectivity index (χ4n) is 2.19. The van der Waals surface area contributed by atoms with Gasteiger partial charge in [0.25, 0.3) is 0 Å². The van der Waals surface area contributed by atoms with Crippen molar-refractivity contribution < 1.29 is 4.79 Å². The first-order chi connectivity index (χ1) is 11.3. The molecule has 0 heterocycles. The van der Waals surface area contributed by atoms with Gasteiger partial charge in [-0.1, -0.05) is 48.5 Å². The second-order valence-electron chi connectivity index (χ2n) is 5.16. The first-order valence-corrected chi connectivity index (χ1v) is 8.81. The fourth-order valence-corrected chi connectivity index (χ4v) is 3.05. The van der Waals surface area contributed by atoms with Crippen molar-refractivity contribution in [1.82, 2.24) is 5.32 Å². The number of benzene rings is 2. The van der Waals surface area contributed by atoms with Crippen LogP contribution in [-0.2, 0) is 17.0 Å². The lowest BCUT2D eigenvalue weighted by Gasteiger charge is -2.06. The smallest absolute Gasteiger partial charge is 0.220 e. The molecule has 0 saturated carbocycles. The molecule has 4 heteroatoms. The summed E-state index contributed by atoms with van der Waals surface area (Å²) in [5.41, 5.74) is 2.97. The monoisotopic (exact) mass is 324 g/mol. The Balaban J connectivity index is 1.60. The van der Waals surface area contributed by atoms with Crippen LogP contribution in [0.25, 0.3) is 0 Å². The maximum absolute atomic E-state index is 11.8. The molecule has 2 aromatic rings. The molecule has 0 saturated heterocycles. The van der Waals surface area contributed by atoms with Gasteiger partial charge in [0, 0.05) is 24.5 Å². The predicted octanol–water partition coefficient (Wildman–Crippen LogP) is 3.54. The molecule has 2 rings (SSSR count). The highest BCUT2D eigenvalue weighted by atomic mass is 32.2. The normalized spacial score (nSPS) is 10.0. The molecule has 0 aromatic heterocycles. The number of hydrogen-bond donors (Lipinski definition) is 1. The average Bonchev–Trinajstić information content (AvgIpc) is 2.61. The minimum Gasteiger partial charge on any atom is -0.355 e. The lowest BCUT2D eigenvalue weighted by molar-refractivity contribution is -0.120. The van der Waals surface area contributed by atoms with Gasteiger partial charge in [-0.2, -0.15) is 17.0 Å². The zero-order valence-corrected chi connectivity index (χ0v) is 13.8. The molecule has 0 aliphatic rings. The molecule has 0 aliphatic carbocycles. The summed E-state index contributed by atoms with van der Waals surface area (Å²) in [5, 5.41) is 12.0. The molecule has 2 aromatic carbocycles. The van der Waals surface area contributed by atoms with E-state index in [0.717, 1.165) is 29.1 Å². The Bertz CT molecular complexity index is 665. The van der Waals surface area contributed by atoms with Crippen LogP contribution in [0.1, 0.15) is 23.1 Å². The van der Waals surface area contributed by atoms with E-state index in [4.69, 9.17) is 5.26 Å². The van der Waals surface area contributed by atoms with Crippen LogP contribution in [0.15, 0.2) is 54.6 Å². The molecule has 0 spiro atoms. The van der Waals surface area contributed by atoms with Gasteiger partial charge < -0.3 is 5.32 Å². The van der Waals surface area contributed by atoms with Crippen molar-refractivity contribution in [3.63, 3.8) is 0 Å². The van der Waals surface area contributed by atoms with Crippen LogP contribution in [0.3, 0.4) is 0 Å². The number of carbonyl (C=O) groups excluding carboxylic acids is 1. The van der Waals surface area contributed by atoms with E-state index in [0.29, 0.717) is 13.0 Å².